The number of rotatable bonds is 9. The number of hydrogen-bond acceptors (Lipinski definition) is 6. The Bertz CT molecular complexity index is 1320. The predicted molar refractivity (Wildman–Crippen MR) is 135 cm³/mol. The summed E-state index contributed by atoms with van der Waals surface area (Å²) in [6.07, 6.45) is 5.11. The molecular weight excluding hydrogens is 480 g/mol. The Kier molecular flexibility index (Phi) is 8.03. The zero-order valence-electron chi connectivity index (χ0n) is 20.1. The standard InChI is InChI=1S/C27H30N2O6S/c1-29(24-10-3-2-8-23-22(24)9-5-11-25(23)35-18-27(31)32)36(33,34)26-13-12-21(17-28-26)20-7-4-6-19(16-20)14-15-30/h4-7,9,11-13,16-17,24,30H,2-3,8,10,14-15,18H2,1H3,(H,31,32). The second-order valence-electron chi connectivity index (χ2n) is 8.85. The molecule has 0 saturated heterocycles. The van der Waals surface area contributed by atoms with Gasteiger partial charge in [0.2, 0.25) is 0 Å². The van der Waals surface area contributed by atoms with Crippen LogP contribution in [-0.4, -0.2) is 54.2 Å². The summed E-state index contributed by atoms with van der Waals surface area (Å²) < 4.78 is 34.0. The van der Waals surface area contributed by atoms with Crippen LogP contribution in [0.4, 0.5) is 0 Å². The molecule has 1 atom stereocenters. The molecule has 8 nitrogen and oxygen atoms in total. The van der Waals surface area contributed by atoms with Crippen LogP contribution in [0, 0.1) is 0 Å². The Morgan fingerprint density at radius 1 is 1.11 bits per heavy atom. The van der Waals surface area contributed by atoms with Crippen molar-refractivity contribution in [2.75, 3.05) is 20.3 Å². The molecule has 190 valence electrons. The largest absolute Gasteiger partial charge is 0.482 e. The molecule has 0 amide bonds. The van der Waals surface area contributed by atoms with Gasteiger partial charge in [0.25, 0.3) is 10.0 Å². The molecule has 2 N–H and O–H groups in total. The van der Waals surface area contributed by atoms with Crippen molar-refractivity contribution in [3.05, 3.63) is 77.5 Å². The maximum absolute atomic E-state index is 13.6. The molecule has 1 unspecified atom stereocenters. The van der Waals surface area contributed by atoms with Crippen molar-refractivity contribution in [3.8, 4) is 16.9 Å². The van der Waals surface area contributed by atoms with E-state index in [4.69, 9.17) is 9.84 Å². The minimum atomic E-state index is -3.90. The number of carboxylic acid groups (broad SMARTS) is 1. The monoisotopic (exact) mass is 510 g/mol. The number of benzene rings is 2. The van der Waals surface area contributed by atoms with Crippen LogP contribution >= 0.6 is 0 Å². The van der Waals surface area contributed by atoms with E-state index in [1.165, 1.54) is 10.4 Å². The summed E-state index contributed by atoms with van der Waals surface area (Å²) in [5.41, 5.74) is 4.37. The van der Waals surface area contributed by atoms with Crippen molar-refractivity contribution >= 4 is 16.0 Å². The Balaban J connectivity index is 1.61. The highest BCUT2D eigenvalue weighted by molar-refractivity contribution is 7.89. The van der Waals surface area contributed by atoms with Gasteiger partial charge in [-0.05, 0) is 66.1 Å². The van der Waals surface area contributed by atoms with Gasteiger partial charge in [-0.2, -0.15) is 4.31 Å². The number of aromatic nitrogens is 1. The number of aliphatic carboxylic acids is 1. The molecule has 0 aliphatic heterocycles. The van der Waals surface area contributed by atoms with E-state index in [2.05, 4.69) is 4.98 Å². The fourth-order valence-electron chi connectivity index (χ4n) is 4.66. The lowest BCUT2D eigenvalue weighted by Crippen LogP contribution is -2.32. The molecule has 0 radical (unpaired) electrons. The van der Waals surface area contributed by atoms with E-state index in [9.17, 15) is 18.3 Å². The van der Waals surface area contributed by atoms with Crippen LogP contribution in [0.1, 0.15) is 42.0 Å². The lowest BCUT2D eigenvalue weighted by molar-refractivity contribution is -0.139. The second-order valence-corrected chi connectivity index (χ2v) is 10.8. The third-order valence-corrected chi connectivity index (χ3v) is 8.30. The molecule has 0 bridgehead atoms. The van der Waals surface area contributed by atoms with Crippen LogP contribution in [-0.2, 0) is 27.7 Å². The quantitative estimate of drug-likeness (QED) is 0.420. The molecule has 2 aromatic carbocycles. The Morgan fingerprint density at radius 3 is 2.64 bits per heavy atom. The smallest absolute Gasteiger partial charge is 0.341 e. The first-order valence-electron chi connectivity index (χ1n) is 11.9. The summed E-state index contributed by atoms with van der Waals surface area (Å²) >= 11 is 0. The number of sulfonamides is 1. The zero-order chi connectivity index (χ0) is 25.7. The van der Waals surface area contributed by atoms with Gasteiger partial charge in [-0.15, -0.1) is 0 Å². The van der Waals surface area contributed by atoms with Gasteiger partial charge < -0.3 is 14.9 Å². The van der Waals surface area contributed by atoms with Crippen LogP contribution in [0.25, 0.3) is 11.1 Å². The van der Waals surface area contributed by atoms with Gasteiger partial charge in [-0.25, -0.2) is 18.2 Å². The number of aliphatic hydroxyl groups excluding tert-OH is 1. The minimum absolute atomic E-state index is 0.0376. The van der Waals surface area contributed by atoms with Crippen LogP contribution in [0.15, 0.2) is 65.8 Å². The lowest BCUT2D eigenvalue weighted by atomic mass is 9.98. The Labute approximate surface area is 211 Å². The van der Waals surface area contributed by atoms with Crippen LogP contribution in [0.2, 0.25) is 0 Å². The van der Waals surface area contributed by atoms with E-state index in [-0.39, 0.29) is 11.6 Å². The van der Waals surface area contributed by atoms with Crippen LogP contribution in [0.5, 0.6) is 5.75 Å². The summed E-state index contributed by atoms with van der Waals surface area (Å²) in [6, 6.07) is 15.9. The van der Waals surface area contributed by atoms with Gasteiger partial charge >= 0.3 is 5.97 Å². The number of hydrogen-bond donors (Lipinski definition) is 2. The molecule has 1 aromatic heterocycles. The van der Waals surface area contributed by atoms with E-state index in [0.29, 0.717) is 25.0 Å². The first kappa shape index (κ1) is 25.8. The Hall–Kier alpha value is -3.27. The molecule has 4 rings (SSSR count). The normalized spacial score (nSPS) is 15.8. The van der Waals surface area contributed by atoms with E-state index >= 15 is 0 Å². The van der Waals surface area contributed by atoms with E-state index in [1.54, 1.807) is 31.4 Å². The van der Waals surface area contributed by atoms with Gasteiger partial charge in [-0.3, -0.25) is 0 Å². The maximum Gasteiger partial charge on any atom is 0.341 e. The maximum atomic E-state index is 13.6. The first-order valence-corrected chi connectivity index (χ1v) is 13.4. The number of fused-ring (bicyclic) bond motifs is 1. The first-order chi connectivity index (χ1) is 17.3. The zero-order valence-corrected chi connectivity index (χ0v) is 20.9. The number of ether oxygens (including phenoxy) is 1. The van der Waals surface area contributed by atoms with Gasteiger partial charge in [0, 0.05) is 25.4 Å². The average Bonchev–Trinajstić information content (AvgIpc) is 3.10. The molecule has 1 aliphatic carbocycles. The molecule has 0 spiro atoms. The van der Waals surface area contributed by atoms with E-state index in [0.717, 1.165) is 40.7 Å². The summed E-state index contributed by atoms with van der Waals surface area (Å²) in [6.45, 7) is -0.392. The fourth-order valence-corrected chi connectivity index (χ4v) is 5.94. The van der Waals surface area contributed by atoms with Gasteiger partial charge in [0.15, 0.2) is 11.6 Å². The fraction of sp³-hybridized carbons (Fsp3) is 0.333. The minimum Gasteiger partial charge on any atom is -0.482 e. The molecule has 3 aromatic rings. The Morgan fingerprint density at radius 2 is 1.92 bits per heavy atom. The highest BCUT2D eigenvalue weighted by Crippen LogP contribution is 2.39. The lowest BCUT2D eigenvalue weighted by Gasteiger charge is -2.28. The third kappa shape index (κ3) is 5.59. The molecule has 1 aliphatic rings. The SMILES string of the molecule is CN(C1CCCCc2c(OCC(=O)O)cccc21)S(=O)(=O)c1ccc(-c2cccc(CCO)c2)cn1. The van der Waals surface area contributed by atoms with Crippen LogP contribution in [0.3, 0.4) is 0 Å². The van der Waals surface area contributed by atoms with Crippen molar-refractivity contribution in [1.29, 1.82) is 0 Å². The molecular formula is C27H30N2O6S. The number of carboxylic acids is 1. The van der Waals surface area contributed by atoms with Gasteiger partial charge in [-0.1, -0.05) is 42.8 Å². The van der Waals surface area contributed by atoms with Crippen molar-refractivity contribution < 1.29 is 28.2 Å². The van der Waals surface area contributed by atoms with Crippen molar-refractivity contribution in [1.82, 2.24) is 9.29 Å². The predicted octanol–water partition coefficient (Wildman–Crippen LogP) is 3.84. The molecule has 9 heteroatoms. The van der Waals surface area contributed by atoms with Crippen LogP contribution < -0.4 is 4.74 Å². The van der Waals surface area contributed by atoms with E-state index in [1.807, 2.05) is 30.3 Å². The molecule has 0 saturated carbocycles. The number of nitrogens with zero attached hydrogens (tertiary/aromatic N) is 2. The second kappa shape index (κ2) is 11.2. The van der Waals surface area contributed by atoms with Crippen molar-refractivity contribution in [3.63, 3.8) is 0 Å². The number of aliphatic hydroxyl groups is 1. The summed E-state index contributed by atoms with van der Waals surface area (Å²) in [5.74, 6) is -0.578. The molecule has 1 heterocycles. The summed E-state index contributed by atoms with van der Waals surface area (Å²) in [5, 5.41) is 18.2. The number of pyridine rings is 1. The van der Waals surface area contributed by atoms with Gasteiger partial charge in [0.1, 0.15) is 5.75 Å². The average molecular weight is 511 g/mol. The highest BCUT2D eigenvalue weighted by Gasteiger charge is 2.33. The highest BCUT2D eigenvalue weighted by atomic mass is 32.2. The molecule has 36 heavy (non-hydrogen) atoms. The van der Waals surface area contributed by atoms with E-state index < -0.39 is 28.6 Å². The third-order valence-electron chi connectivity index (χ3n) is 6.51. The number of carbonyl (C=O) groups is 1. The van der Waals surface area contributed by atoms with Crippen molar-refractivity contribution in [2.24, 2.45) is 0 Å². The van der Waals surface area contributed by atoms with Crippen molar-refractivity contribution in [2.45, 2.75) is 43.2 Å². The topological polar surface area (TPSA) is 117 Å². The molecule has 0 fully saturated rings. The van der Waals surface area contributed by atoms with Gasteiger partial charge in [0.05, 0.1) is 6.04 Å². The summed E-state index contributed by atoms with van der Waals surface area (Å²) in [4.78, 5) is 15.3. The summed E-state index contributed by atoms with van der Waals surface area (Å²) in [7, 11) is -2.33.